The zero-order chi connectivity index (χ0) is 25.4. The van der Waals surface area contributed by atoms with Crippen molar-refractivity contribution in [3.05, 3.63) is 88.9 Å². The van der Waals surface area contributed by atoms with Crippen LogP contribution >= 0.6 is 11.6 Å². The van der Waals surface area contributed by atoms with Crippen molar-refractivity contribution in [3.8, 4) is 5.75 Å². The molecule has 0 saturated carbocycles. The SMILES string of the molecule is Cc1ccc(S(=O)(=O)N(C)c2ccc(OCC(=O)OCC(=O)NCc3cccc(Cl)c3)cc2)cc1. The lowest BCUT2D eigenvalue weighted by Crippen LogP contribution is -2.29. The molecule has 1 N–H and O–H groups in total. The van der Waals surface area contributed by atoms with E-state index in [2.05, 4.69) is 5.32 Å². The molecular formula is C25H25ClN2O6S. The smallest absolute Gasteiger partial charge is 0.344 e. The third-order valence-corrected chi connectivity index (χ3v) is 7.01. The zero-order valence-corrected chi connectivity index (χ0v) is 20.8. The van der Waals surface area contributed by atoms with Gasteiger partial charge in [0.15, 0.2) is 13.2 Å². The van der Waals surface area contributed by atoms with Crippen LogP contribution in [0.15, 0.2) is 77.7 Å². The van der Waals surface area contributed by atoms with Crippen LogP contribution in [0.4, 0.5) is 5.69 Å². The van der Waals surface area contributed by atoms with E-state index in [4.69, 9.17) is 21.1 Å². The first-order valence-electron chi connectivity index (χ1n) is 10.6. The minimum atomic E-state index is -3.71. The van der Waals surface area contributed by atoms with Crippen LogP contribution in [0.2, 0.25) is 5.02 Å². The molecule has 3 aromatic carbocycles. The van der Waals surface area contributed by atoms with Crippen LogP contribution in [0, 0.1) is 6.92 Å². The summed E-state index contributed by atoms with van der Waals surface area (Å²) >= 11 is 5.90. The Bertz CT molecular complexity index is 1280. The number of rotatable bonds is 10. The summed E-state index contributed by atoms with van der Waals surface area (Å²) in [6, 6.07) is 19.8. The number of amides is 1. The fraction of sp³-hybridized carbons (Fsp3) is 0.200. The lowest BCUT2D eigenvalue weighted by molar-refractivity contribution is -0.150. The lowest BCUT2D eigenvalue weighted by Gasteiger charge is -2.20. The normalized spacial score (nSPS) is 10.9. The first-order chi connectivity index (χ1) is 16.6. The topological polar surface area (TPSA) is 102 Å². The summed E-state index contributed by atoms with van der Waals surface area (Å²) in [4.78, 5) is 23.9. The molecule has 0 heterocycles. The fourth-order valence-electron chi connectivity index (χ4n) is 2.99. The number of hydrogen-bond donors (Lipinski definition) is 1. The molecule has 35 heavy (non-hydrogen) atoms. The predicted molar refractivity (Wildman–Crippen MR) is 133 cm³/mol. The average Bonchev–Trinajstić information content (AvgIpc) is 2.85. The first-order valence-corrected chi connectivity index (χ1v) is 12.4. The molecule has 8 nitrogen and oxygen atoms in total. The van der Waals surface area contributed by atoms with Crippen molar-refractivity contribution in [2.75, 3.05) is 24.6 Å². The van der Waals surface area contributed by atoms with Gasteiger partial charge in [-0.1, -0.05) is 41.4 Å². The number of carbonyl (C=O) groups excluding carboxylic acids is 2. The van der Waals surface area contributed by atoms with Crippen molar-refractivity contribution in [1.82, 2.24) is 5.32 Å². The van der Waals surface area contributed by atoms with E-state index in [1.165, 1.54) is 7.05 Å². The van der Waals surface area contributed by atoms with Crippen LogP contribution in [0.5, 0.6) is 5.75 Å². The van der Waals surface area contributed by atoms with Gasteiger partial charge in [-0.3, -0.25) is 9.10 Å². The molecule has 0 unspecified atom stereocenters. The zero-order valence-electron chi connectivity index (χ0n) is 19.2. The quantitative estimate of drug-likeness (QED) is 0.412. The average molecular weight is 517 g/mol. The van der Waals surface area contributed by atoms with Crippen LogP contribution in [-0.4, -0.2) is 40.6 Å². The maximum absolute atomic E-state index is 12.8. The fourth-order valence-corrected chi connectivity index (χ4v) is 4.40. The molecule has 3 rings (SSSR count). The maximum atomic E-state index is 12.8. The molecule has 0 atom stereocenters. The van der Waals surface area contributed by atoms with Gasteiger partial charge in [0.05, 0.1) is 10.6 Å². The summed E-state index contributed by atoms with van der Waals surface area (Å²) < 4.78 is 37.1. The van der Waals surface area contributed by atoms with E-state index in [-0.39, 0.29) is 11.4 Å². The third-order valence-electron chi connectivity index (χ3n) is 4.98. The molecular weight excluding hydrogens is 492 g/mol. The van der Waals surface area contributed by atoms with E-state index in [0.29, 0.717) is 16.5 Å². The second kappa shape index (κ2) is 11.7. The van der Waals surface area contributed by atoms with Crippen LogP contribution < -0.4 is 14.4 Å². The van der Waals surface area contributed by atoms with Gasteiger partial charge in [0.2, 0.25) is 0 Å². The number of anilines is 1. The highest BCUT2D eigenvalue weighted by molar-refractivity contribution is 7.92. The number of nitrogens with zero attached hydrogens (tertiary/aromatic N) is 1. The van der Waals surface area contributed by atoms with Crippen LogP contribution in [0.1, 0.15) is 11.1 Å². The number of halogens is 1. The van der Waals surface area contributed by atoms with Crippen molar-refractivity contribution in [3.63, 3.8) is 0 Å². The molecule has 0 aromatic heterocycles. The molecule has 1 amide bonds. The number of hydrogen-bond acceptors (Lipinski definition) is 6. The molecule has 0 aliphatic rings. The lowest BCUT2D eigenvalue weighted by atomic mass is 10.2. The Morgan fingerprint density at radius 3 is 2.31 bits per heavy atom. The molecule has 10 heteroatoms. The predicted octanol–water partition coefficient (Wildman–Crippen LogP) is 3.71. The van der Waals surface area contributed by atoms with Gasteiger partial charge >= 0.3 is 5.97 Å². The second-order valence-electron chi connectivity index (χ2n) is 7.64. The van der Waals surface area contributed by atoms with Gasteiger partial charge in [0, 0.05) is 18.6 Å². The Kier molecular flexibility index (Phi) is 8.73. The van der Waals surface area contributed by atoms with Gasteiger partial charge in [0.25, 0.3) is 15.9 Å². The number of ether oxygens (including phenoxy) is 2. The monoisotopic (exact) mass is 516 g/mol. The number of esters is 1. The minimum Gasteiger partial charge on any atom is -0.482 e. The van der Waals surface area contributed by atoms with E-state index in [1.807, 2.05) is 13.0 Å². The summed E-state index contributed by atoms with van der Waals surface area (Å²) in [6.45, 7) is 1.29. The van der Waals surface area contributed by atoms with E-state index >= 15 is 0 Å². The van der Waals surface area contributed by atoms with Crippen molar-refractivity contribution in [2.24, 2.45) is 0 Å². The Labute approximate surface area is 209 Å². The molecule has 0 saturated heterocycles. The van der Waals surface area contributed by atoms with E-state index in [9.17, 15) is 18.0 Å². The second-order valence-corrected chi connectivity index (χ2v) is 10.0. The van der Waals surface area contributed by atoms with E-state index < -0.39 is 35.1 Å². The Hall–Kier alpha value is -3.56. The Morgan fingerprint density at radius 2 is 1.66 bits per heavy atom. The first kappa shape index (κ1) is 26.1. The van der Waals surface area contributed by atoms with Crippen LogP contribution in [-0.2, 0) is 30.9 Å². The molecule has 3 aromatic rings. The molecule has 0 aliphatic carbocycles. The van der Waals surface area contributed by atoms with Crippen molar-refractivity contribution in [1.29, 1.82) is 0 Å². The third kappa shape index (κ3) is 7.46. The largest absolute Gasteiger partial charge is 0.482 e. The molecule has 0 bridgehead atoms. The van der Waals surface area contributed by atoms with Crippen molar-refractivity contribution >= 4 is 39.2 Å². The summed E-state index contributed by atoms with van der Waals surface area (Å²) in [5.41, 5.74) is 2.21. The summed E-state index contributed by atoms with van der Waals surface area (Å²) in [5.74, 6) is -0.830. The Balaban J connectivity index is 1.45. The number of benzene rings is 3. The van der Waals surface area contributed by atoms with E-state index in [1.54, 1.807) is 66.7 Å². The summed E-state index contributed by atoms with van der Waals surface area (Å²) in [5, 5.41) is 3.19. The minimum absolute atomic E-state index is 0.185. The summed E-state index contributed by atoms with van der Waals surface area (Å²) in [6.07, 6.45) is 0. The van der Waals surface area contributed by atoms with Crippen LogP contribution in [0.25, 0.3) is 0 Å². The molecule has 0 aliphatic heterocycles. The maximum Gasteiger partial charge on any atom is 0.344 e. The van der Waals surface area contributed by atoms with Crippen molar-refractivity contribution < 1.29 is 27.5 Å². The number of aryl methyl sites for hydroxylation is 1. The molecule has 0 spiro atoms. The van der Waals surface area contributed by atoms with Gasteiger partial charge in [-0.2, -0.15) is 0 Å². The van der Waals surface area contributed by atoms with E-state index in [0.717, 1.165) is 15.4 Å². The standard InChI is InChI=1S/C25H25ClN2O6S/c1-18-6-12-23(13-7-18)35(31,32)28(2)21-8-10-22(11-9-21)33-17-25(30)34-16-24(29)27-15-19-4-3-5-20(26)14-19/h3-14H,15-17H2,1-2H3,(H,27,29). The van der Waals surface area contributed by atoms with Crippen LogP contribution in [0.3, 0.4) is 0 Å². The van der Waals surface area contributed by atoms with Gasteiger partial charge in [-0.25, -0.2) is 13.2 Å². The van der Waals surface area contributed by atoms with Gasteiger partial charge in [0.1, 0.15) is 5.75 Å². The summed E-state index contributed by atoms with van der Waals surface area (Å²) in [7, 11) is -2.26. The number of sulfonamides is 1. The highest BCUT2D eigenvalue weighted by Gasteiger charge is 2.21. The molecule has 0 fully saturated rings. The van der Waals surface area contributed by atoms with Crippen molar-refractivity contribution in [2.45, 2.75) is 18.4 Å². The number of nitrogens with one attached hydrogen (secondary N) is 1. The van der Waals surface area contributed by atoms with Gasteiger partial charge < -0.3 is 14.8 Å². The Morgan fingerprint density at radius 1 is 0.971 bits per heavy atom. The molecule has 184 valence electrons. The molecule has 0 radical (unpaired) electrons. The van der Waals surface area contributed by atoms with Gasteiger partial charge in [-0.15, -0.1) is 0 Å². The highest BCUT2D eigenvalue weighted by Crippen LogP contribution is 2.24. The number of carbonyl (C=O) groups is 2. The van der Waals surface area contributed by atoms with Gasteiger partial charge in [-0.05, 0) is 61.0 Å². The highest BCUT2D eigenvalue weighted by atomic mass is 35.5.